The lowest BCUT2D eigenvalue weighted by atomic mass is 10.1. The Bertz CT molecular complexity index is 617. The first kappa shape index (κ1) is 13.9. The number of nitrogens with two attached hydrogens (primary N) is 1. The summed E-state index contributed by atoms with van der Waals surface area (Å²) in [4.78, 5) is 8.33. The molecule has 1 aromatic carbocycles. The molecule has 0 unspecified atom stereocenters. The summed E-state index contributed by atoms with van der Waals surface area (Å²) in [5.74, 6) is 0.823. The van der Waals surface area contributed by atoms with E-state index in [1.54, 1.807) is 19.2 Å². The Labute approximate surface area is 121 Å². The molecule has 0 aliphatic carbocycles. The summed E-state index contributed by atoms with van der Waals surface area (Å²) in [6, 6.07) is 5.27. The molecule has 100 valence electrons. The van der Waals surface area contributed by atoms with E-state index in [-0.39, 0.29) is 5.95 Å². The molecule has 0 bridgehead atoms. The number of rotatable bonds is 3. The van der Waals surface area contributed by atoms with Gasteiger partial charge in [0.1, 0.15) is 5.75 Å². The Balaban J connectivity index is 2.63. The molecule has 2 aromatic rings. The minimum Gasteiger partial charge on any atom is -0.497 e. The van der Waals surface area contributed by atoms with Crippen molar-refractivity contribution in [2.75, 3.05) is 12.8 Å². The molecule has 0 aliphatic rings. The molecule has 0 spiro atoms. The van der Waals surface area contributed by atoms with E-state index < -0.39 is 0 Å². The zero-order valence-electron chi connectivity index (χ0n) is 10.6. The van der Waals surface area contributed by atoms with E-state index in [4.69, 9.17) is 33.7 Å². The van der Waals surface area contributed by atoms with Crippen molar-refractivity contribution in [2.45, 2.75) is 13.3 Å². The van der Waals surface area contributed by atoms with E-state index in [9.17, 15) is 0 Å². The van der Waals surface area contributed by atoms with E-state index >= 15 is 0 Å². The van der Waals surface area contributed by atoms with Crippen LogP contribution in [0.5, 0.6) is 5.75 Å². The molecular formula is C13H13Cl2N3O. The Morgan fingerprint density at radius 1 is 1.21 bits per heavy atom. The SMILES string of the molecule is CCc1cc(-c2cc(OC)cc(Cl)c2Cl)nc(N)n1. The van der Waals surface area contributed by atoms with Crippen LogP contribution in [0.15, 0.2) is 18.2 Å². The van der Waals surface area contributed by atoms with Crippen LogP contribution in [0.4, 0.5) is 5.95 Å². The van der Waals surface area contributed by atoms with Crippen LogP contribution < -0.4 is 10.5 Å². The molecule has 0 aliphatic heterocycles. The largest absolute Gasteiger partial charge is 0.497 e. The van der Waals surface area contributed by atoms with Gasteiger partial charge >= 0.3 is 0 Å². The number of ether oxygens (including phenoxy) is 1. The summed E-state index contributed by atoms with van der Waals surface area (Å²) in [5.41, 5.74) is 7.86. The third-order valence-corrected chi connectivity index (χ3v) is 3.47. The van der Waals surface area contributed by atoms with Crippen molar-refractivity contribution in [3.8, 4) is 17.0 Å². The number of benzene rings is 1. The Kier molecular flexibility index (Phi) is 4.12. The number of aromatic nitrogens is 2. The highest BCUT2D eigenvalue weighted by atomic mass is 35.5. The van der Waals surface area contributed by atoms with Gasteiger partial charge < -0.3 is 10.5 Å². The molecule has 6 heteroatoms. The molecule has 0 fully saturated rings. The van der Waals surface area contributed by atoms with Crippen LogP contribution in [0.3, 0.4) is 0 Å². The van der Waals surface area contributed by atoms with E-state index in [0.29, 0.717) is 27.1 Å². The normalized spacial score (nSPS) is 10.5. The Morgan fingerprint density at radius 3 is 2.58 bits per heavy atom. The van der Waals surface area contributed by atoms with Gasteiger partial charge in [0.15, 0.2) is 0 Å². The number of hydrogen-bond acceptors (Lipinski definition) is 4. The van der Waals surface area contributed by atoms with Crippen LogP contribution in [0.2, 0.25) is 10.0 Å². The summed E-state index contributed by atoms with van der Waals surface area (Å²) in [7, 11) is 1.56. The van der Waals surface area contributed by atoms with Gasteiger partial charge in [0, 0.05) is 17.3 Å². The minimum absolute atomic E-state index is 0.212. The number of halogens is 2. The number of hydrogen-bond donors (Lipinski definition) is 1. The first-order valence-corrected chi connectivity index (χ1v) is 6.47. The van der Waals surface area contributed by atoms with Crippen molar-refractivity contribution in [3.05, 3.63) is 33.9 Å². The van der Waals surface area contributed by atoms with Gasteiger partial charge in [-0.2, -0.15) is 0 Å². The highest BCUT2D eigenvalue weighted by Crippen LogP contribution is 2.36. The Hall–Kier alpha value is -1.52. The summed E-state index contributed by atoms with van der Waals surface area (Å²) < 4.78 is 5.18. The molecule has 0 saturated carbocycles. The van der Waals surface area contributed by atoms with Gasteiger partial charge in [-0.1, -0.05) is 30.1 Å². The van der Waals surface area contributed by atoms with Gasteiger partial charge in [0.25, 0.3) is 0 Å². The maximum Gasteiger partial charge on any atom is 0.220 e. The van der Waals surface area contributed by atoms with Crippen LogP contribution in [-0.4, -0.2) is 17.1 Å². The molecule has 1 aromatic heterocycles. The average molecular weight is 298 g/mol. The second-order valence-electron chi connectivity index (χ2n) is 3.93. The van der Waals surface area contributed by atoms with Crippen LogP contribution in [-0.2, 0) is 6.42 Å². The molecule has 0 amide bonds. The van der Waals surface area contributed by atoms with Crippen molar-refractivity contribution in [1.29, 1.82) is 0 Å². The van der Waals surface area contributed by atoms with E-state index in [0.717, 1.165) is 12.1 Å². The maximum absolute atomic E-state index is 6.22. The summed E-state index contributed by atoms with van der Waals surface area (Å²) in [6.07, 6.45) is 0.759. The van der Waals surface area contributed by atoms with Crippen molar-refractivity contribution in [3.63, 3.8) is 0 Å². The van der Waals surface area contributed by atoms with Gasteiger partial charge in [-0.3, -0.25) is 0 Å². The lowest BCUT2D eigenvalue weighted by Crippen LogP contribution is -2.00. The second kappa shape index (κ2) is 5.63. The fourth-order valence-corrected chi connectivity index (χ4v) is 2.12. The van der Waals surface area contributed by atoms with Gasteiger partial charge in [-0.15, -0.1) is 0 Å². The molecule has 0 atom stereocenters. The van der Waals surface area contributed by atoms with E-state index in [1.165, 1.54) is 0 Å². The van der Waals surface area contributed by atoms with Gasteiger partial charge in [0.05, 0.1) is 22.8 Å². The van der Waals surface area contributed by atoms with Crippen molar-refractivity contribution >= 4 is 29.2 Å². The lowest BCUT2D eigenvalue weighted by Gasteiger charge is -2.10. The van der Waals surface area contributed by atoms with Crippen LogP contribution in [0, 0.1) is 0 Å². The minimum atomic E-state index is 0.212. The summed E-state index contributed by atoms with van der Waals surface area (Å²) in [5, 5.41) is 0.828. The third kappa shape index (κ3) is 2.91. The topological polar surface area (TPSA) is 61.0 Å². The highest BCUT2D eigenvalue weighted by molar-refractivity contribution is 6.43. The van der Waals surface area contributed by atoms with Gasteiger partial charge in [0.2, 0.25) is 5.95 Å². The second-order valence-corrected chi connectivity index (χ2v) is 4.71. The molecular weight excluding hydrogens is 285 g/mol. The predicted molar refractivity (Wildman–Crippen MR) is 77.8 cm³/mol. The van der Waals surface area contributed by atoms with Gasteiger partial charge in [-0.05, 0) is 18.6 Å². The monoisotopic (exact) mass is 297 g/mol. The molecule has 4 nitrogen and oxygen atoms in total. The molecule has 2 N–H and O–H groups in total. The first-order chi connectivity index (χ1) is 9.05. The van der Waals surface area contributed by atoms with E-state index in [2.05, 4.69) is 9.97 Å². The van der Waals surface area contributed by atoms with Crippen molar-refractivity contribution < 1.29 is 4.74 Å². The molecule has 19 heavy (non-hydrogen) atoms. The molecule has 0 saturated heterocycles. The van der Waals surface area contributed by atoms with Gasteiger partial charge in [-0.25, -0.2) is 9.97 Å². The molecule has 2 rings (SSSR count). The fraction of sp³-hybridized carbons (Fsp3) is 0.231. The zero-order valence-corrected chi connectivity index (χ0v) is 12.1. The van der Waals surface area contributed by atoms with Crippen LogP contribution >= 0.6 is 23.2 Å². The fourth-order valence-electron chi connectivity index (χ4n) is 1.71. The highest BCUT2D eigenvalue weighted by Gasteiger charge is 2.13. The number of methoxy groups -OCH3 is 1. The summed E-state index contributed by atoms with van der Waals surface area (Å²) >= 11 is 12.3. The standard InChI is InChI=1S/C13H13Cl2N3O/c1-3-7-4-11(18-13(16)17-7)9-5-8(19-2)6-10(14)12(9)15/h4-6H,3H2,1-2H3,(H2,16,17,18). The number of nitrogen functional groups attached to an aromatic ring is 1. The zero-order chi connectivity index (χ0) is 14.0. The average Bonchev–Trinajstić information content (AvgIpc) is 2.40. The summed E-state index contributed by atoms with van der Waals surface area (Å²) in [6.45, 7) is 1.99. The van der Waals surface area contributed by atoms with E-state index in [1.807, 2.05) is 13.0 Å². The maximum atomic E-state index is 6.22. The Morgan fingerprint density at radius 2 is 1.95 bits per heavy atom. The van der Waals surface area contributed by atoms with Crippen molar-refractivity contribution in [1.82, 2.24) is 9.97 Å². The lowest BCUT2D eigenvalue weighted by molar-refractivity contribution is 0.415. The third-order valence-electron chi connectivity index (χ3n) is 2.67. The number of anilines is 1. The van der Waals surface area contributed by atoms with Crippen molar-refractivity contribution in [2.24, 2.45) is 0 Å². The molecule has 1 heterocycles. The number of nitrogens with zero attached hydrogens (tertiary/aromatic N) is 2. The quantitative estimate of drug-likeness (QED) is 0.940. The molecule has 0 radical (unpaired) electrons. The smallest absolute Gasteiger partial charge is 0.220 e. The number of aryl methyl sites for hydroxylation is 1. The van der Waals surface area contributed by atoms with Crippen LogP contribution in [0.1, 0.15) is 12.6 Å². The van der Waals surface area contributed by atoms with Crippen LogP contribution in [0.25, 0.3) is 11.3 Å². The first-order valence-electron chi connectivity index (χ1n) is 5.72. The predicted octanol–water partition coefficient (Wildman–Crippen LogP) is 3.60.